The van der Waals surface area contributed by atoms with E-state index < -0.39 is 0 Å². The standard InChI is InChI=1S/C15H14FN3O/c1-9-7-11(8-20-9)14-13(15(17)19(2)18-14)10-3-5-12(16)6-4-10/h3-8H,17H2,1-2H3. The molecular formula is C15H14FN3O. The Kier molecular flexibility index (Phi) is 2.82. The summed E-state index contributed by atoms with van der Waals surface area (Å²) in [7, 11) is 1.78. The molecule has 102 valence electrons. The summed E-state index contributed by atoms with van der Waals surface area (Å²) in [5, 5.41) is 4.43. The highest BCUT2D eigenvalue weighted by Gasteiger charge is 2.18. The molecule has 5 heteroatoms. The van der Waals surface area contributed by atoms with Crippen LogP contribution >= 0.6 is 0 Å². The van der Waals surface area contributed by atoms with Crippen molar-refractivity contribution in [3.05, 3.63) is 48.2 Å². The number of nitrogen functional groups attached to an aromatic ring is 1. The zero-order valence-corrected chi connectivity index (χ0v) is 11.2. The lowest BCUT2D eigenvalue weighted by atomic mass is 10.0. The molecule has 0 aliphatic rings. The van der Waals surface area contributed by atoms with Gasteiger partial charge < -0.3 is 10.2 Å². The van der Waals surface area contributed by atoms with Crippen LogP contribution in [0.25, 0.3) is 22.4 Å². The van der Waals surface area contributed by atoms with Crippen LogP contribution in [0.2, 0.25) is 0 Å². The van der Waals surface area contributed by atoms with Gasteiger partial charge in [0, 0.05) is 12.6 Å². The van der Waals surface area contributed by atoms with Crippen molar-refractivity contribution in [2.75, 3.05) is 5.73 Å². The van der Waals surface area contributed by atoms with Gasteiger partial charge in [0.05, 0.1) is 5.56 Å². The quantitative estimate of drug-likeness (QED) is 0.777. The van der Waals surface area contributed by atoms with E-state index in [1.54, 1.807) is 30.1 Å². The SMILES string of the molecule is Cc1cc(-c2nn(C)c(N)c2-c2ccc(F)cc2)co1. The number of anilines is 1. The number of hydrogen-bond donors (Lipinski definition) is 1. The van der Waals surface area contributed by atoms with Gasteiger partial charge in [0.1, 0.15) is 29.4 Å². The van der Waals surface area contributed by atoms with Gasteiger partial charge in [-0.1, -0.05) is 12.1 Å². The molecular weight excluding hydrogens is 257 g/mol. The van der Waals surface area contributed by atoms with Crippen LogP contribution in [0.3, 0.4) is 0 Å². The van der Waals surface area contributed by atoms with Crippen LogP contribution in [-0.4, -0.2) is 9.78 Å². The summed E-state index contributed by atoms with van der Waals surface area (Å²) in [6.45, 7) is 1.87. The lowest BCUT2D eigenvalue weighted by molar-refractivity contribution is 0.535. The molecule has 0 radical (unpaired) electrons. The van der Waals surface area contributed by atoms with Crippen molar-refractivity contribution in [3.63, 3.8) is 0 Å². The van der Waals surface area contributed by atoms with E-state index in [0.29, 0.717) is 5.82 Å². The van der Waals surface area contributed by atoms with Crippen LogP contribution in [0.4, 0.5) is 10.2 Å². The molecule has 0 bridgehead atoms. The summed E-state index contributed by atoms with van der Waals surface area (Å²) in [4.78, 5) is 0. The van der Waals surface area contributed by atoms with Gasteiger partial charge in [-0.3, -0.25) is 4.68 Å². The second-order valence-corrected chi connectivity index (χ2v) is 4.69. The largest absolute Gasteiger partial charge is 0.469 e. The molecule has 0 saturated heterocycles. The predicted octanol–water partition coefficient (Wildman–Crippen LogP) is 3.38. The molecule has 4 nitrogen and oxygen atoms in total. The highest BCUT2D eigenvalue weighted by Crippen LogP contribution is 2.36. The summed E-state index contributed by atoms with van der Waals surface area (Å²) in [6.07, 6.45) is 1.64. The monoisotopic (exact) mass is 271 g/mol. The van der Waals surface area contributed by atoms with Crippen LogP contribution in [0.1, 0.15) is 5.76 Å². The minimum atomic E-state index is -0.281. The van der Waals surface area contributed by atoms with Gasteiger partial charge in [0.25, 0.3) is 0 Å². The average Bonchev–Trinajstić information content (AvgIpc) is 2.97. The average molecular weight is 271 g/mol. The Bertz CT molecular complexity index is 756. The smallest absolute Gasteiger partial charge is 0.129 e. The molecule has 2 aromatic heterocycles. The second kappa shape index (κ2) is 4.52. The molecule has 0 aliphatic carbocycles. The van der Waals surface area contributed by atoms with Crippen molar-refractivity contribution in [3.8, 4) is 22.4 Å². The Labute approximate surface area is 115 Å². The fraction of sp³-hybridized carbons (Fsp3) is 0.133. The molecule has 20 heavy (non-hydrogen) atoms. The lowest BCUT2D eigenvalue weighted by Gasteiger charge is -2.03. The number of nitrogens with zero attached hydrogens (tertiary/aromatic N) is 2. The fourth-order valence-electron chi connectivity index (χ4n) is 2.21. The Morgan fingerprint density at radius 3 is 2.50 bits per heavy atom. The van der Waals surface area contributed by atoms with Crippen molar-refractivity contribution in [2.45, 2.75) is 6.92 Å². The highest BCUT2D eigenvalue weighted by molar-refractivity contribution is 5.87. The minimum Gasteiger partial charge on any atom is -0.469 e. The number of nitrogens with two attached hydrogens (primary N) is 1. The first-order valence-corrected chi connectivity index (χ1v) is 6.20. The highest BCUT2D eigenvalue weighted by atomic mass is 19.1. The molecule has 0 amide bonds. The van der Waals surface area contributed by atoms with Crippen LogP contribution < -0.4 is 5.73 Å². The first-order chi connectivity index (χ1) is 9.56. The maximum atomic E-state index is 13.1. The predicted molar refractivity (Wildman–Crippen MR) is 75.5 cm³/mol. The van der Waals surface area contributed by atoms with E-state index in [4.69, 9.17) is 10.2 Å². The Hall–Kier alpha value is -2.56. The Morgan fingerprint density at radius 2 is 1.90 bits per heavy atom. The van der Waals surface area contributed by atoms with Gasteiger partial charge in [-0.25, -0.2) is 4.39 Å². The summed E-state index contributed by atoms with van der Waals surface area (Å²) in [6, 6.07) is 8.10. The maximum Gasteiger partial charge on any atom is 0.129 e. The summed E-state index contributed by atoms with van der Waals surface area (Å²) >= 11 is 0. The van der Waals surface area contributed by atoms with Crippen molar-refractivity contribution in [1.82, 2.24) is 9.78 Å². The number of aryl methyl sites for hydroxylation is 2. The van der Waals surface area contributed by atoms with Crippen molar-refractivity contribution in [1.29, 1.82) is 0 Å². The fourth-order valence-corrected chi connectivity index (χ4v) is 2.21. The van der Waals surface area contributed by atoms with Crippen molar-refractivity contribution in [2.24, 2.45) is 7.05 Å². The van der Waals surface area contributed by atoms with Gasteiger partial charge in [-0.15, -0.1) is 0 Å². The van der Waals surface area contributed by atoms with Gasteiger partial charge in [0.15, 0.2) is 0 Å². The minimum absolute atomic E-state index is 0.281. The van der Waals surface area contributed by atoms with Crippen molar-refractivity contribution < 1.29 is 8.81 Å². The Balaban J connectivity index is 2.21. The molecule has 0 fully saturated rings. The van der Waals surface area contributed by atoms with Crippen molar-refractivity contribution >= 4 is 5.82 Å². The molecule has 3 rings (SSSR count). The summed E-state index contributed by atoms with van der Waals surface area (Å²) < 4.78 is 20.0. The van der Waals surface area contributed by atoms with Gasteiger partial charge in [-0.2, -0.15) is 5.10 Å². The molecule has 2 heterocycles. The second-order valence-electron chi connectivity index (χ2n) is 4.69. The van der Waals surface area contributed by atoms with Crippen LogP contribution in [0.15, 0.2) is 41.0 Å². The van der Waals surface area contributed by atoms with Crippen LogP contribution in [0.5, 0.6) is 0 Å². The summed E-state index contributed by atoms with van der Waals surface area (Å²) in [5.74, 6) is 1.05. The lowest BCUT2D eigenvalue weighted by Crippen LogP contribution is -1.97. The molecule has 3 aromatic rings. The first-order valence-electron chi connectivity index (χ1n) is 6.20. The third kappa shape index (κ3) is 1.97. The van der Waals surface area contributed by atoms with E-state index in [2.05, 4.69) is 5.10 Å². The molecule has 1 aromatic carbocycles. The van der Waals surface area contributed by atoms with E-state index in [1.165, 1.54) is 12.1 Å². The number of benzene rings is 1. The topological polar surface area (TPSA) is 57.0 Å². The number of hydrogen-bond acceptors (Lipinski definition) is 3. The molecule has 2 N–H and O–H groups in total. The third-order valence-corrected chi connectivity index (χ3v) is 3.23. The molecule has 0 spiro atoms. The molecule has 0 atom stereocenters. The van der Waals surface area contributed by atoms with E-state index in [9.17, 15) is 4.39 Å². The zero-order chi connectivity index (χ0) is 14.3. The van der Waals surface area contributed by atoms with Gasteiger partial charge in [0.2, 0.25) is 0 Å². The van der Waals surface area contributed by atoms with E-state index in [0.717, 1.165) is 28.1 Å². The van der Waals surface area contributed by atoms with E-state index in [1.807, 2.05) is 13.0 Å². The van der Waals surface area contributed by atoms with E-state index in [-0.39, 0.29) is 5.82 Å². The number of rotatable bonds is 2. The van der Waals surface area contributed by atoms with E-state index >= 15 is 0 Å². The number of aromatic nitrogens is 2. The summed E-state index contributed by atoms with van der Waals surface area (Å²) in [5.41, 5.74) is 9.29. The molecule has 0 aliphatic heterocycles. The molecule has 0 unspecified atom stereocenters. The number of halogens is 1. The van der Waals surface area contributed by atoms with Gasteiger partial charge >= 0.3 is 0 Å². The maximum absolute atomic E-state index is 13.1. The Morgan fingerprint density at radius 1 is 1.20 bits per heavy atom. The number of furan rings is 1. The normalized spacial score (nSPS) is 10.9. The third-order valence-electron chi connectivity index (χ3n) is 3.23. The zero-order valence-electron chi connectivity index (χ0n) is 11.2. The first kappa shape index (κ1) is 12.5. The molecule has 0 saturated carbocycles. The van der Waals surface area contributed by atoms with Crippen LogP contribution in [-0.2, 0) is 7.05 Å². The van der Waals surface area contributed by atoms with Crippen LogP contribution in [0, 0.1) is 12.7 Å². The van der Waals surface area contributed by atoms with Gasteiger partial charge in [-0.05, 0) is 30.7 Å².